The molecule has 4 aromatic rings. The zero-order valence-corrected chi connectivity index (χ0v) is 20.1. The number of aromatic nitrogens is 1. The lowest BCUT2D eigenvalue weighted by molar-refractivity contribution is -0.137. The SMILES string of the molecule is Cc1cc(C)c2nc(-c3ccc(Cl)cc3Cl)cc(C(=O)Nc3cc(C(F)(F)F)ccc3Cl)c2c1. The molecule has 1 aromatic heterocycles. The van der Waals surface area contributed by atoms with Crippen LogP contribution < -0.4 is 5.32 Å². The molecule has 0 aliphatic carbocycles. The van der Waals surface area contributed by atoms with Crippen molar-refractivity contribution < 1.29 is 18.0 Å². The zero-order chi connectivity index (χ0) is 24.8. The number of carbonyl (C=O) groups is 1. The number of aryl methyl sites for hydroxylation is 2. The Morgan fingerprint density at radius 1 is 0.912 bits per heavy atom. The molecule has 3 nitrogen and oxygen atoms in total. The van der Waals surface area contributed by atoms with Crippen LogP contribution in [0.15, 0.2) is 54.6 Å². The summed E-state index contributed by atoms with van der Waals surface area (Å²) >= 11 is 18.5. The molecule has 0 unspecified atom stereocenters. The lowest BCUT2D eigenvalue weighted by atomic mass is 9.99. The predicted molar refractivity (Wildman–Crippen MR) is 131 cm³/mol. The van der Waals surface area contributed by atoms with Crippen LogP contribution in [0.3, 0.4) is 0 Å². The number of hydrogen-bond acceptors (Lipinski definition) is 2. The lowest BCUT2D eigenvalue weighted by Crippen LogP contribution is -2.15. The van der Waals surface area contributed by atoms with Crippen molar-refractivity contribution in [3.8, 4) is 11.3 Å². The number of pyridine rings is 1. The number of nitrogens with zero attached hydrogens (tertiary/aromatic N) is 1. The third-order valence-corrected chi connectivity index (χ3v) is 6.12. The van der Waals surface area contributed by atoms with E-state index in [2.05, 4.69) is 5.32 Å². The van der Waals surface area contributed by atoms with E-state index in [1.807, 2.05) is 19.9 Å². The molecule has 0 bridgehead atoms. The van der Waals surface area contributed by atoms with Crippen LogP contribution in [0.25, 0.3) is 22.2 Å². The summed E-state index contributed by atoms with van der Waals surface area (Å²) in [5, 5.41) is 3.83. The summed E-state index contributed by atoms with van der Waals surface area (Å²) in [5.74, 6) is -0.634. The number of benzene rings is 3. The van der Waals surface area contributed by atoms with Crippen LogP contribution in [0.5, 0.6) is 0 Å². The van der Waals surface area contributed by atoms with Gasteiger partial charge < -0.3 is 5.32 Å². The Morgan fingerprint density at radius 2 is 1.65 bits per heavy atom. The molecular formula is C25H16Cl3F3N2O. The number of halogens is 6. The number of fused-ring (bicyclic) bond motifs is 1. The van der Waals surface area contributed by atoms with Crippen molar-refractivity contribution in [2.75, 3.05) is 5.32 Å². The maximum atomic E-state index is 13.4. The number of carbonyl (C=O) groups excluding carboxylic acids is 1. The Labute approximate surface area is 208 Å². The molecule has 0 aliphatic rings. The first kappa shape index (κ1) is 24.3. The third-order valence-electron chi connectivity index (χ3n) is 5.24. The Morgan fingerprint density at radius 3 is 2.32 bits per heavy atom. The van der Waals surface area contributed by atoms with Crippen LogP contribution in [0.1, 0.15) is 27.0 Å². The van der Waals surface area contributed by atoms with Gasteiger partial charge >= 0.3 is 6.18 Å². The van der Waals surface area contributed by atoms with E-state index in [-0.39, 0.29) is 16.3 Å². The molecule has 1 amide bonds. The minimum absolute atomic E-state index is 0.0203. The molecule has 34 heavy (non-hydrogen) atoms. The van der Waals surface area contributed by atoms with Crippen molar-refractivity contribution in [1.82, 2.24) is 4.98 Å². The average Bonchev–Trinajstić information content (AvgIpc) is 2.74. The summed E-state index contributed by atoms with van der Waals surface area (Å²) in [6, 6.07) is 12.9. The number of nitrogens with one attached hydrogen (secondary N) is 1. The van der Waals surface area contributed by atoms with Crippen molar-refractivity contribution in [1.29, 1.82) is 0 Å². The Kier molecular flexibility index (Phi) is 6.51. The van der Waals surface area contributed by atoms with Crippen LogP contribution in [-0.4, -0.2) is 10.9 Å². The summed E-state index contributed by atoms with van der Waals surface area (Å²) in [7, 11) is 0. The fourth-order valence-electron chi connectivity index (χ4n) is 3.69. The van der Waals surface area contributed by atoms with Gasteiger partial charge in [-0.3, -0.25) is 4.79 Å². The first-order chi connectivity index (χ1) is 15.9. The number of amides is 1. The van der Waals surface area contributed by atoms with E-state index in [0.717, 1.165) is 29.3 Å². The van der Waals surface area contributed by atoms with E-state index in [0.29, 0.717) is 32.2 Å². The van der Waals surface area contributed by atoms with E-state index in [1.54, 1.807) is 30.3 Å². The van der Waals surface area contributed by atoms with Crippen LogP contribution in [0, 0.1) is 13.8 Å². The molecule has 0 saturated heterocycles. The summed E-state index contributed by atoms with van der Waals surface area (Å²) in [6.45, 7) is 3.74. The second kappa shape index (κ2) is 9.10. The highest BCUT2D eigenvalue weighted by molar-refractivity contribution is 6.36. The van der Waals surface area contributed by atoms with Gasteiger partial charge in [-0.1, -0.05) is 46.4 Å². The molecule has 0 fully saturated rings. The van der Waals surface area contributed by atoms with Gasteiger partial charge in [0.2, 0.25) is 0 Å². The standard InChI is InChI=1S/C25H16Cl3F3N2O/c1-12-7-13(2)23-17(8-12)18(11-21(32-23)16-5-4-15(26)10-20(16)28)24(34)33-22-9-14(25(29,30)31)3-6-19(22)27/h3-11H,1-2H3,(H,33,34). The van der Waals surface area contributed by atoms with Crippen molar-refractivity contribution in [2.45, 2.75) is 20.0 Å². The maximum absolute atomic E-state index is 13.4. The highest BCUT2D eigenvalue weighted by Gasteiger charge is 2.31. The quantitative estimate of drug-likeness (QED) is 0.292. The fourth-order valence-corrected chi connectivity index (χ4v) is 4.36. The van der Waals surface area contributed by atoms with E-state index >= 15 is 0 Å². The number of anilines is 1. The molecule has 0 aliphatic heterocycles. The molecule has 1 heterocycles. The van der Waals surface area contributed by atoms with Crippen LogP contribution in [-0.2, 0) is 6.18 Å². The highest BCUT2D eigenvalue weighted by atomic mass is 35.5. The first-order valence-electron chi connectivity index (χ1n) is 9.99. The van der Waals surface area contributed by atoms with Gasteiger partial charge in [-0.2, -0.15) is 13.2 Å². The smallest absolute Gasteiger partial charge is 0.321 e. The average molecular weight is 524 g/mol. The monoisotopic (exact) mass is 522 g/mol. The molecule has 4 rings (SSSR count). The summed E-state index contributed by atoms with van der Waals surface area (Å²) in [5.41, 5.74) is 2.40. The van der Waals surface area contributed by atoms with Gasteiger partial charge in [0.05, 0.1) is 38.1 Å². The summed E-state index contributed by atoms with van der Waals surface area (Å²) in [6.07, 6.45) is -4.58. The van der Waals surface area contributed by atoms with Crippen molar-refractivity contribution in [2.24, 2.45) is 0 Å². The van der Waals surface area contributed by atoms with Crippen molar-refractivity contribution in [3.63, 3.8) is 0 Å². The minimum Gasteiger partial charge on any atom is -0.321 e. The minimum atomic E-state index is -4.58. The topological polar surface area (TPSA) is 42.0 Å². The Bertz CT molecular complexity index is 1450. The van der Waals surface area contributed by atoms with Gasteiger partial charge in [0.25, 0.3) is 5.91 Å². The van der Waals surface area contributed by atoms with E-state index in [1.165, 1.54) is 0 Å². The van der Waals surface area contributed by atoms with Gasteiger partial charge in [-0.05, 0) is 67.9 Å². The van der Waals surface area contributed by atoms with Crippen LogP contribution in [0.2, 0.25) is 15.1 Å². The lowest BCUT2D eigenvalue weighted by Gasteiger charge is -2.15. The van der Waals surface area contributed by atoms with Crippen LogP contribution in [0.4, 0.5) is 18.9 Å². The fraction of sp³-hybridized carbons (Fsp3) is 0.120. The Hall–Kier alpha value is -2.80. The van der Waals surface area contributed by atoms with E-state index in [9.17, 15) is 18.0 Å². The molecular weight excluding hydrogens is 508 g/mol. The zero-order valence-electron chi connectivity index (χ0n) is 17.8. The largest absolute Gasteiger partial charge is 0.416 e. The summed E-state index contributed by atoms with van der Waals surface area (Å²) in [4.78, 5) is 18.1. The molecule has 3 aromatic carbocycles. The van der Waals surface area contributed by atoms with Gasteiger partial charge in [-0.25, -0.2) is 4.98 Å². The van der Waals surface area contributed by atoms with E-state index < -0.39 is 17.6 Å². The van der Waals surface area contributed by atoms with Gasteiger partial charge in [0.15, 0.2) is 0 Å². The van der Waals surface area contributed by atoms with Gasteiger partial charge in [0, 0.05) is 16.0 Å². The van der Waals surface area contributed by atoms with Crippen molar-refractivity contribution >= 4 is 57.3 Å². The third kappa shape index (κ3) is 4.85. The normalized spacial score (nSPS) is 11.6. The second-order valence-corrected chi connectivity index (χ2v) is 9.05. The molecule has 0 atom stereocenters. The van der Waals surface area contributed by atoms with Crippen molar-refractivity contribution in [3.05, 3.63) is 91.9 Å². The molecule has 0 spiro atoms. The van der Waals surface area contributed by atoms with Gasteiger partial charge in [-0.15, -0.1) is 0 Å². The summed E-state index contributed by atoms with van der Waals surface area (Å²) < 4.78 is 39.5. The molecule has 174 valence electrons. The molecule has 0 radical (unpaired) electrons. The number of hydrogen-bond donors (Lipinski definition) is 1. The Balaban J connectivity index is 1.88. The second-order valence-electron chi connectivity index (χ2n) is 7.80. The number of rotatable bonds is 3. The maximum Gasteiger partial charge on any atom is 0.416 e. The first-order valence-corrected chi connectivity index (χ1v) is 11.1. The molecule has 0 saturated carbocycles. The molecule has 9 heteroatoms. The molecule has 1 N–H and O–H groups in total. The predicted octanol–water partition coefficient (Wildman–Crippen LogP) is 8.75. The number of alkyl halides is 3. The van der Waals surface area contributed by atoms with E-state index in [4.69, 9.17) is 39.8 Å². The van der Waals surface area contributed by atoms with Crippen LogP contribution >= 0.6 is 34.8 Å². The van der Waals surface area contributed by atoms with Gasteiger partial charge in [0.1, 0.15) is 0 Å². The highest BCUT2D eigenvalue weighted by Crippen LogP contribution is 2.36.